The van der Waals surface area contributed by atoms with E-state index in [9.17, 15) is 9.18 Å². The van der Waals surface area contributed by atoms with Crippen LogP contribution >= 0.6 is 46.4 Å². The Labute approximate surface area is 128 Å². The number of carbonyl (C=O) groups excluding carboxylic acids is 1. The van der Waals surface area contributed by atoms with E-state index >= 15 is 0 Å². The summed E-state index contributed by atoms with van der Waals surface area (Å²) in [4.78, 5) is 10.6. The second-order valence-electron chi connectivity index (χ2n) is 3.70. The predicted octanol–water partition coefficient (Wildman–Crippen LogP) is 5.92. The van der Waals surface area contributed by atoms with Crippen molar-refractivity contribution in [1.29, 1.82) is 0 Å². The topological polar surface area (TPSA) is 17.1 Å². The molecule has 0 heterocycles. The summed E-state index contributed by atoms with van der Waals surface area (Å²) in [5.74, 6) is -0.671. The van der Waals surface area contributed by atoms with E-state index in [2.05, 4.69) is 0 Å². The molecule has 0 aliphatic heterocycles. The largest absolute Gasteiger partial charge is 0.298 e. The van der Waals surface area contributed by atoms with Crippen LogP contribution < -0.4 is 0 Å². The van der Waals surface area contributed by atoms with Crippen LogP contribution in [-0.2, 0) is 0 Å². The van der Waals surface area contributed by atoms with Crippen LogP contribution in [0.4, 0.5) is 4.39 Å². The lowest BCUT2D eigenvalue weighted by Gasteiger charge is -2.11. The fourth-order valence-corrected chi connectivity index (χ4v) is 2.63. The number of aldehydes is 1. The van der Waals surface area contributed by atoms with E-state index < -0.39 is 5.82 Å². The molecular weight excluding hydrogens is 333 g/mol. The summed E-state index contributed by atoms with van der Waals surface area (Å²) in [5.41, 5.74) is 0.670. The van der Waals surface area contributed by atoms with Gasteiger partial charge in [0.05, 0.1) is 25.7 Å². The molecule has 0 N–H and O–H groups in total. The number of benzene rings is 2. The van der Waals surface area contributed by atoms with E-state index in [1.807, 2.05) is 0 Å². The van der Waals surface area contributed by atoms with Crippen molar-refractivity contribution in [2.24, 2.45) is 0 Å². The summed E-state index contributed by atoms with van der Waals surface area (Å²) >= 11 is 24.0. The number of carbonyl (C=O) groups is 1. The quantitative estimate of drug-likeness (QED) is 0.491. The first kappa shape index (κ1) is 14.6. The molecule has 0 fully saturated rings. The lowest BCUT2D eigenvalue weighted by atomic mass is 10.0. The number of hydrogen-bond donors (Lipinski definition) is 0. The van der Waals surface area contributed by atoms with Gasteiger partial charge in [-0.05, 0) is 23.8 Å². The average molecular weight is 338 g/mol. The monoisotopic (exact) mass is 336 g/mol. The summed E-state index contributed by atoms with van der Waals surface area (Å²) in [6, 6.07) is 5.42. The molecule has 19 heavy (non-hydrogen) atoms. The van der Waals surface area contributed by atoms with Gasteiger partial charge in [-0.2, -0.15) is 0 Å². The molecule has 1 nitrogen and oxygen atoms in total. The maximum absolute atomic E-state index is 13.6. The summed E-state index contributed by atoms with van der Waals surface area (Å²) < 4.78 is 13.6. The van der Waals surface area contributed by atoms with Crippen LogP contribution in [-0.4, -0.2) is 6.29 Å². The molecule has 0 aromatic heterocycles. The summed E-state index contributed by atoms with van der Waals surface area (Å²) in [6.07, 6.45) is 0.424. The lowest BCUT2D eigenvalue weighted by molar-refractivity contribution is 0.112. The summed E-state index contributed by atoms with van der Waals surface area (Å²) in [6.45, 7) is 0. The van der Waals surface area contributed by atoms with Crippen LogP contribution in [0.3, 0.4) is 0 Å². The highest BCUT2D eigenvalue weighted by atomic mass is 35.5. The molecule has 6 heteroatoms. The second-order valence-corrected chi connectivity index (χ2v) is 5.27. The van der Waals surface area contributed by atoms with Gasteiger partial charge in [0.25, 0.3) is 0 Å². The predicted molar refractivity (Wildman–Crippen MR) is 77.3 cm³/mol. The third-order valence-electron chi connectivity index (χ3n) is 2.53. The summed E-state index contributed by atoms with van der Waals surface area (Å²) in [5, 5.41) is 0.778. The Morgan fingerprint density at radius 1 is 0.947 bits per heavy atom. The van der Waals surface area contributed by atoms with Crippen LogP contribution in [0.1, 0.15) is 10.4 Å². The normalized spacial score (nSPS) is 10.6. The molecule has 0 aliphatic rings. The van der Waals surface area contributed by atoms with Crippen molar-refractivity contribution in [2.45, 2.75) is 0 Å². The lowest BCUT2D eigenvalue weighted by Crippen LogP contribution is -1.90. The first-order valence-electron chi connectivity index (χ1n) is 5.03. The molecule has 0 atom stereocenters. The molecule has 0 saturated heterocycles. The van der Waals surface area contributed by atoms with E-state index in [-0.39, 0.29) is 25.7 Å². The summed E-state index contributed by atoms with van der Waals surface area (Å²) in [7, 11) is 0. The first-order chi connectivity index (χ1) is 8.95. The van der Waals surface area contributed by atoms with E-state index in [0.717, 1.165) is 6.07 Å². The molecule has 0 saturated carbocycles. The zero-order valence-corrected chi connectivity index (χ0v) is 12.2. The fourth-order valence-electron chi connectivity index (χ4n) is 1.60. The Morgan fingerprint density at radius 2 is 1.53 bits per heavy atom. The zero-order valence-electron chi connectivity index (χ0n) is 9.18. The number of hydrogen-bond acceptors (Lipinski definition) is 1. The van der Waals surface area contributed by atoms with Gasteiger partial charge in [0.2, 0.25) is 0 Å². The Balaban J connectivity index is 2.72. The molecule has 98 valence electrons. The first-order valence-corrected chi connectivity index (χ1v) is 6.55. The van der Waals surface area contributed by atoms with Crippen molar-refractivity contribution in [3.63, 3.8) is 0 Å². The third kappa shape index (κ3) is 2.72. The minimum absolute atomic E-state index is 0.0517. The highest BCUT2D eigenvalue weighted by Gasteiger charge is 2.16. The van der Waals surface area contributed by atoms with Crippen LogP contribution in [0, 0.1) is 5.82 Å². The smallest absolute Gasteiger partial charge is 0.152 e. The number of rotatable bonds is 2. The van der Waals surface area contributed by atoms with E-state index in [1.165, 1.54) is 18.2 Å². The van der Waals surface area contributed by atoms with Gasteiger partial charge in [0, 0.05) is 5.56 Å². The van der Waals surface area contributed by atoms with Crippen LogP contribution in [0.25, 0.3) is 11.1 Å². The molecule has 0 unspecified atom stereocenters. The van der Waals surface area contributed by atoms with E-state index in [1.54, 1.807) is 0 Å². The van der Waals surface area contributed by atoms with Crippen molar-refractivity contribution in [3.05, 3.63) is 55.7 Å². The van der Waals surface area contributed by atoms with Gasteiger partial charge in [-0.25, -0.2) is 4.39 Å². The fraction of sp³-hybridized carbons (Fsp3) is 0. The number of halogens is 5. The van der Waals surface area contributed by atoms with E-state index in [4.69, 9.17) is 46.4 Å². The van der Waals surface area contributed by atoms with Crippen molar-refractivity contribution < 1.29 is 9.18 Å². The van der Waals surface area contributed by atoms with Gasteiger partial charge >= 0.3 is 0 Å². The molecule has 2 aromatic rings. The van der Waals surface area contributed by atoms with Gasteiger partial charge in [-0.15, -0.1) is 0 Å². The van der Waals surface area contributed by atoms with Crippen molar-refractivity contribution >= 4 is 52.7 Å². The van der Waals surface area contributed by atoms with Gasteiger partial charge in [0.1, 0.15) is 5.82 Å². The molecule has 0 bridgehead atoms. The molecule has 0 amide bonds. The molecular formula is C13H5Cl4FO. The van der Waals surface area contributed by atoms with Gasteiger partial charge < -0.3 is 0 Å². The molecule has 0 radical (unpaired) electrons. The molecule has 0 aliphatic carbocycles. The van der Waals surface area contributed by atoms with Crippen molar-refractivity contribution in [2.75, 3.05) is 0 Å². The Bertz CT molecular complexity index is 644. The maximum atomic E-state index is 13.6. The zero-order chi connectivity index (χ0) is 14.2. The van der Waals surface area contributed by atoms with Crippen LogP contribution in [0.15, 0.2) is 24.3 Å². The Kier molecular flexibility index (Phi) is 4.36. The Hall–Kier alpha value is -0.800. The van der Waals surface area contributed by atoms with Crippen molar-refractivity contribution in [3.8, 4) is 11.1 Å². The van der Waals surface area contributed by atoms with Gasteiger partial charge in [-0.3, -0.25) is 4.79 Å². The standard InChI is InChI=1S/C13H5Cl4FO/c14-8-4-9(15)13(17)11(12(8)16)6-1-2-7(5-19)10(18)3-6/h1-5H. The minimum Gasteiger partial charge on any atom is -0.298 e. The van der Waals surface area contributed by atoms with E-state index in [0.29, 0.717) is 17.4 Å². The Morgan fingerprint density at radius 3 is 2.00 bits per heavy atom. The molecule has 0 spiro atoms. The van der Waals surface area contributed by atoms with Gasteiger partial charge in [0.15, 0.2) is 6.29 Å². The highest BCUT2D eigenvalue weighted by molar-refractivity contribution is 6.50. The SMILES string of the molecule is O=Cc1ccc(-c2c(Cl)c(Cl)cc(Cl)c2Cl)cc1F. The molecule has 2 aromatic carbocycles. The molecule has 2 rings (SSSR count). The highest BCUT2D eigenvalue weighted by Crippen LogP contribution is 2.43. The third-order valence-corrected chi connectivity index (χ3v) is 4.10. The van der Waals surface area contributed by atoms with Gasteiger partial charge in [-0.1, -0.05) is 52.5 Å². The van der Waals surface area contributed by atoms with Crippen molar-refractivity contribution in [1.82, 2.24) is 0 Å². The average Bonchev–Trinajstić information content (AvgIpc) is 2.37. The van der Waals surface area contributed by atoms with Crippen LogP contribution in [0.2, 0.25) is 20.1 Å². The maximum Gasteiger partial charge on any atom is 0.152 e. The van der Waals surface area contributed by atoms with Crippen LogP contribution in [0.5, 0.6) is 0 Å². The second kappa shape index (κ2) is 5.68. The minimum atomic E-state index is -0.671.